The van der Waals surface area contributed by atoms with Crippen molar-refractivity contribution in [1.29, 1.82) is 10.7 Å². The quantitative estimate of drug-likeness (QED) is 0.410. The van der Waals surface area contributed by atoms with E-state index in [2.05, 4.69) is 35.6 Å². The van der Waals surface area contributed by atoms with Gasteiger partial charge < -0.3 is 0 Å². The SMILES string of the molecule is C=C1/C=C\C(CC(=N)N2N=C(c3cncc(C#N)c3)C=C/C2=C(/C)CC)=C/C/C=C\C=N1.CC. The lowest BCUT2D eigenvalue weighted by atomic mass is 10.0. The van der Waals surface area contributed by atoms with Crippen LogP contribution in [0.1, 0.15) is 58.1 Å². The van der Waals surface area contributed by atoms with Crippen LogP contribution in [0.5, 0.6) is 0 Å². The second-order valence-corrected chi connectivity index (χ2v) is 7.39. The Kier molecular flexibility index (Phi) is 10.3. The smallest absolute Gasteiger partial charge is 0.127 e. The number of aromatic nitrogens is 1. The van der Waals surface area contributed by atoms with Gasteiger partial charge in [0.2, 0.25) is 0 Å². The van der Waals surface area contributed by atoms with E-state index in [-0.39, 0.29) is 0 Å². The van der Waals surface area contributed by atoms with Crippen LogP contribution in [-0.2, 0) is 0 Å². The van der Waals surface area contributed by atoms with E-state index < -0.39 is 0 Å². The first kappa shape index (κ1) is 26.1. The average molecular weight is 453 g/mol. The molecule has 0 radical (unpaired) electrons. The number of pyridine rings is 1. The molecular weight excluding hydrogens is 420 g/mol. The van der Waals surface area contributed by atoms with Crippen LogP contribution in [0, 0.1) is 16.7 Å². The molecule has 0 atom stereocenters. The van der Waals surface area contributed by atoms with Gasteiger partial charge in [-0.05, 0) is 61.3 Å². The van der Waals surface area contributed by atoms with Gasteiger partial charge in [0.1, 0.15) is 11.9 Å². The van der Waals surface area contributed by atoms with Crippen molar-refractivity contribution < 1.29 is 0 Å². The third-order valence-corrected chi connectivity index (χ3v) is 5.06. The molecule has 0 bridgehead atoms. The summed E-state index contributed by atoms with van der Waals surface area (Å²) in [5.74, 6) is 0.352. The number of hydrazone groups is 1. The minimum Gasteiger partial charge on any atom is -0.286 e. The minimum atomic E-state index is 0.352. The Morgan fingerprint density at radius 3 is 2.74 bits per heavy atom. The van der Waals surface area contributed by atoms with Gasteiger partial charge in [-0.1, -0.05) is 45.6 Å². The van der Waals surface area contributed by atoms with Crippen molar-refractivity contribution in [3.05, 3.63) is 101 Å². The van der Waals surface area contributed by atoms with Gasteiger partial charge >= 0.3 is 0 Å². The summed E-state index contributed by atoms with van der Waals surface area (Å²) in [4.78, 5) is 8.38. The Morgan fingerprint density at radius 1 is 1.21 bits per heavy atom. The third kappa shape index (κ3) is 7.21. The topological polar surface area (TPSA) is 88.5 Å². The number of aliphatic imine (C=N–C) groups is 1. The molecule has 0 saturated heterocycles. The zero-order chi connectivity index (χ0) is 24.9. The van der Waals surface area contributed by atoms with Crippen molar-refractivity contribution in [2.45, 2.75) is 47.0 Å². The molecule has 0 saturated carbocycles. The van der Waals surface area contributed by atoms with Crippen molar-refractivity contribution in [2.75, 3.05) is 0 Å². The predicted octanol–water partition coefficient (Wildman–Crippen LogP) is 6.63. The fourth-order valence-electron chi connectivity index (χ4n) is 3.14. The zero-order valence-corrected chi connectivity index (χ0v) is 20.4. The van der Waals surface area contributed by atoms with E-state index in [0.717, 1.165) is 35.2 Å². The van der Waals surface area contributed by atoms with Crippen LogP contribution >= 0.6 is 0 Å². The highest BCUT2D eigenvalue weighted by Gasteiger charge is 2.20. The number of nitrogens with one attached hydrogen (secondary N) is 1. The highest BCUT2D eigenvalue weighted by molar-refractivity contribution is 6.10. The fourth-order valence-corrected chi connectivity index (χ4v) is 3.14. The summed E-state index contributed by atoms with van der Waals surface area (Å²) in [6.45, 7) is 12.1. The average Bonchev–Trinajstić information content (AvgIpc) is 2.89. The van der Waals surface area contributed by atoms with Crippen molar-refractivity contribution in [3.63, 3.8) is 0 Å². The van der Waals surface area contributed by atoms with Crippen LogP contribution in [0.3, 0.4) is 0 Å². The summed E-state index contributed by atoms with van der Waals surface area (Å²) in [5.41, 5.74) is 5.55. The van der Waals surface area contributed by atoms with E-state index in [1.54, 1.807) is 23.5 Å². The monoisotopic (exact) mass is 452 g/mol. The van der Waals surface area contributed by atoms with E-state index >= 15 is 0 Å². The summed E-state index contributed by atoms with van der Waals surface area (Å²) in [6, 6.07) is 3.86. The van der Waals surface area contributed by atoms with Crippen LogP contribution in [-0.4, -0.2) is 27.8 Å². The van der Waals surface area contributed by atoms with E-state index in [1.807, 2.05) is 57.2 Å². The Morgan fingerprint density at radius 2 is 2.00 bits per heavy atom. The lowest BCUT2D eigenvalue weighted by Gasteiger charge is -2.27. The van der Waals surface area contributed by atoms with E-state index in [4.69, 9.17) is 10.5 Å². The van der Waals surface area contributed by atoms with Gasteiger partial charge in [-0.15, -0.1) is 0 Å². The highest BCUT2D eigenvalue weighted by Crippen LogP contribution is 2.24. The van der Waals surface area contributed by atoms with Crippen molar-refractivity contribution in [3.8, 4) is 6.07 Å². The first-order valence-corrected chi connectivity index (χ1v) is 11.5. The van der Waals surface area contributed by atoms with Crippen LogP contribution in [0.2, 0.25) is 0 Å². The molecule has 1 aromatic rings. The Hall–Kier alpha value is -4.11. The van der Waals surface area contributed by atoms with E-state index in [1.165, 1.54) is 6.20 Å². The number of allylic oxidation sites excluding steroid dienone is 8. The molecule has 0 fully saturated rings. The molecule has 6 nitrogen and oxygen atoms in total. The van der Waals surface area contributed by atoms with E-state index in [0.29, 0.717) is 29.2 Å². The maximum Gasteiger partial charge on any atom is 0.127 e. The molecule has 1 aromatic heterocycles. The lowest BCUT2D eigenvalue weighted by molar-refractivity contribution is 0.540. The van der Waals surface area contributed by atoms with Crippen molar-refractivity contribution in [1.82, 2.24) is 9.99 Å². The number of hydrogen-bond acceptors (Lipinski definition) is 5. The first-order chi connectivity index (χ1) is 16.5. The molecule has 3 heterocycles. The third-order valence-electron chi connectivity index (χ3n) is 5.06. The lowest BCUT2D eigenvalue weighted by Crippen LogP contribution is -2.29. The molecule has 0 spiro atoms. The summed E-state index contributed by atoms with van der Waals surface area (Å²) >= 11 is 0. The Balaban J connectivity index is 0.00000199. The second-order valence-electron chi connectivity index (χ2n) is 7.39. The molecule has 0 unspecified atom stereocenters. The number of nitriles is 1. The van der Waals surface area contributed by atoms with Gasteiger partial charge in [-0.3, -0.25) is 15.4 Å². The maximum atomic E-state index is 9.20. The molecule has 0 aliphatic carbocycles. The zero-order valence-electron chi connectivity index (χ0n) is 20.4. The van der Waals surface area contributed by atoms with Crippen LogP contribution < -0.4 is 0 Å². The molecule has 0 aromatic carbocycles. The summed E-state index contributed by atoms with van der Waals surface area (Å²) in [7, 11) is 0. The number of hydrogen-bond donors (Lipinski definition) is 1. The van der Waals surface area contributed by atoms with Gasteiger partial charge in [0.15, 0.2) is 0 Å². The molecule has 0 amide bonds. The summed E-state index contributed by atoms with van der Waals surface area (Å²) < 4.78 is 0. The molecule has 2 aliphatic rings. The van der Waals surface area contributed by atoms with E-state index in [9.17, 15) is 5.26 Å². The molecular formula is C28H32N6. The normalized spacial score (nSPS) is 20.1. The van der Waals surface area contributed by atoms with Crippen molar-refractivity contribution in [2.24, 2.45) is 10.1 Å². The van der Waals surface area contributed by atoms with Crippen molar-refractivity contribution >= 4 is 17.8 Å². The number of nitrogens with zero attached hydrogens (tertiary/aromatic N) is 5. The Bertz CT molecular complexity index is 1170. The molecule has 3 rings (SSSR count). The van der Waals surface area contributed by atoms with Gasteiger partial charge in [-0.25, -0.2) is 5.01 Å². The summed E-state index contributed by atoms with van der Waals surface area (Å²) in [6.07, 6.45) is 20.6. The highest BCUT2D eigenvalue weighted by atomic mass is 15.5. The largest absolute Gasteiger partial charge is 0.286 e. The maximum absolute atomic E-state index is 9.20. The molecule has 1 N–H and O–H groups in total. The van der Waals surface area contributed by atoms with Gasteiger partial charge in [0.05, 0.1) is 22.7 Å². The second kappa shape index (κ2) is 13.4. The predicted molar refractivity (Wildman–Crippen MR) is 142 cm³/mol. The standard InChI is InChI=1S/C26H26N6.C2H6/c1-4-19(2)25-12-11-24(23-14-22(16-27)17-29-18-23)31-32(25)26(28)15-21-8-6-5-7-13-30-20(3)9-10-21;1-2/h5,7-14,17-18,28H,3-4,6,15H2,1-2H3;1-2H3/b7-5-,10-9-,21-8+,25-19+,28-26?,30-13?;. The first-order valence-electron chi connectivity index (χ1n) is 11.5. The molecule has 2 aliphatic heterocycles. The molecule has 34 heavy (non-hydrogen) atoms. The van der Waals surface area contributed by atoms with Crippen LogP contribution in [0.15, 0.2) is 100 Å². The Labute approximate surface area is 202 Å². The fraction of sp³-hybridized carbons (Fsp3) is 0.250. The van der Waals surface area contributed by atoms with Gasteiger partial charge in [0.25, 0.3) is 0 Å². The van der Waals surface area contributed by atoms with Gasteiger partial charge in [0, 0.05) is 30.6 Å². The molecule has 6 heteroatoms. The van der Waals surface area contributed by atoms with Gasteiger partial charge in [-0.2, -0.15) is 10.4 Å². The minimum absolute atomic E-state index is 0.352. The number of rotatable bonds is 4. The van der Waals surface area contributed by atoms with Crippen LogP contribution in [0.4, 0.5) is 0 Å². The number of amidine groups is 1. The summed E-state index contributed by atoms with van der Waals surface area (Å²) in [5, 5.41) is 24.5. The van der Waals surface area contributed by atoms with Crippen LogP contribution in [0.25, 0.3) is 0 Å². The molecule has 174 valence electrons.